The van der Waals surface area contributed by atoms with Gasteiger partial charge in [0.1, 0.15) is 12.6 Å². The zero-order valence-corrected chi connectivity index (χ0v) is 37.2. The first kappa shape index (κ1) is 54.0. The van der Waals surface area contributed by atoms with Gasteiger partial charge in [0.15, 0.2) is 6.10 Å². The lowest BCUT2D eigenvalue weighted by Crippen LogP contribution is -2.55. The first-order valence-corrected chi connectivity index (χ1v) is 22.8. The number of carbonyl (C=O) groups is 3. The van der Waals surface area contributed by atoms with E-state index in [1.54, 1.807) is 21.1 Å². The van der Waals surface area contributed by atoms with Crippen molar-refractivity contribution in [1.29, 1.82) is 0 Å². The predicted octanol–water partition coefficient (Wildman–Crippen LogP) is 11.2. The minimum absolute atomic E-state index is 0.0291. The standard InChI is InChI=1S/C49H85NO7/c1-6-8-10-12-14-16-18-20-21-22-23-24-25-26-27-28-30-31-33-35-37-39-47(51)56-44-45(43-55-42-41-46(49(53)54)50(3,4)5)57-48(52)40-38-36-34-32-29-19-17-15-13-11-9-7-2/h14-17,20-21,23-24,26-27,45-46H,6-13,18-19,22,25,28-44H2,1-5H3/b16-14+,17-15+,21-20+,24-23+,27-26+. The molecule has 8 nitrogen and oxygen atoms in total. The summed E-state index contributed by atoms with van der Waals surface area (Å²) in [6.07, 6.45) is 48.1. The number of esters is 2. The minimum atomic E-state index is -1.13. The number of carbonyl (C=O) groups excluding carboxylic acids is 3. The molecule has 0 aromatic carbocycles. The molecule has 57 heavy (non-hydrogen) atoms. The van der Waals surface area contributed by atoms with Gasteiger partial charge in [0.2, 0.25) is 0 Å². The second kappa shape index (κ2) is 39.8. The summed E-state index contributed by atoms with van der Waals surface area (Å²) in [6.45, 7) is 4.57. The van der Waals surface area contributed by atoms with Gasteiger partial charge in [0.05, 0.1) is 40.3 Å². The molecule has 0 heterocycles. The zero-order chi connectivity index (χ0) is 42.1. The van der Waals surface area contributed by atoms with E-state index in [-0.39, 0.29) is 42.7 Å². The third-order valence-electron chi connectivity index (χ3n) is 9.88. The van der Waals surface area contributed by atoms with Crippen LogP contribution in [0.3, 0.4) is 0 Å². The third-order valence-corrected chi connectivity index (χ3v) is 9.88. The van der Waals surface area contributed by atoms with Crippen LogP contribution < -0.4 is 5.11 Å². The van der Waals surface area contributed by atoms with Crippen LogP contribution in [0.25, 0.3) is 0 Å². The summed E-state index contributed by atoms with van der Waals surface area (Å²) in [5.74, 6) is -1.77. The Kier molecular flexibility index (Phi) is 37.8. The van der Waals surface area contributed by atoms with Crippen LogP contribution in [0.4, 0.5) is 0 Å². The number of hydrogen-bond acceptors (Lipinski definition) is 7. The first-order valence-electron chi connectivity index (χ1n) is 22.8. The van der Waals surface area contributed by atoms with Gasteiger partial charge in [-0.3, -0.25) is 9.59 Å². The molecule has 0 aliphatic carbocycles. The number of hydrogen-bond donors (Lipinski definition) is 0. The Morgan fingerprint density at radius 3 is 1.39 bits per heavy atom. The average Bonchev–Trinajstić information content (AvgIpc) is 3.17. The fourth-order valence-electron chi connectivity index (χ4n) is 6.28. The zero-order valence-electron chi connectivity index (χ0n) is 37.2. The van der Waals surface area contributed by atoms with Crippen LogP contribution in [-0.4, -0.2) is 75.5 Å². The van der Waals surface area contributed by atoms with E-state index in [1.807, 2.05) is 0 Å². The Morgan fingerprint density at radius 1 is 0.526 bits per heavy atom. The fraction of sp³-hybridized carbons (Fsp3) is 0.735. The van der Waals surface area contributed by atoms with E-state index in [1.165, 1.54) is 57.8 Å². The molecule has 0 amide bonds. The maximum Gasteiger partial charge on any atom is 0.306 e. The number of ether oxygens (including phenoxy) is 3. The van der Waals surface area contributed by atoms with E-state index in [4.69, 9.17) is 14.2 Å². The van der Waals surface area contributed by atoms with Crippen molar-refractivity contribution < 1.29 is 38.2 Å². The van der Waals surface area contributed by atoms with Gasteiger partial charge in [-0.25, -0.2) is 0 Å². The molecule has 0 saturated carbocycles. The van der Waals surface area contributed by atoms with Gasteiger partial charge < -0.3 is 28.6 Å². The Balaban J connectivity index is 4.34. The number of carboxylic acid groups (broad SMARTS) is 1. The maximum absolute atomic E-state index is 12.7. The topological polar surface area (TPSA) is 102 Å². The highest BCUT2D eigenvalue weighted by atomic mass is 16.6. The number of rotatable bonds is 40. The van der Waals surface area contributed by atoms with E-state index < -0.39 is 18.1 Å². The van der Waals surface area contributed by atoms with E-state index in [0.29, 0.717) is 12.8 Å². The number of aliphatic carboxylic acids is 1. The molecule has 0 N–H and O–H groups in total. The quantitative estimate of drug-likeness (QED) is 0.0263. The molecule has 0 aromatic rings. The lowest BCUT2D eigenvalue weighted by atomic mass is 10.1. The molecule has 0 rings (SSSR count). The van der Waals surface area contributed by atoms with Crippen LogP contribution in [0.1, 0.15) is 181 Å². The van der Waals surface area contributed by atoms with Crippen LogP contribution in [0, 0.1) is 0 Å². The number of quaternary nitrogens is 1. The highest BCUT2D eigenvalue weighted by Crippen LogP contribution is 2.13. The van der Waals surface area contributed by atoms with Crippen LogP contribution >= 0.6 is 0 Å². The SMILES string of the molecule is CCCCC/C=C/C/C=C/C/C=C/C/C=C/CCCCCCCC(=O)OCC(COCCC(C(=O)[O-])[N+](C)(C)C)OC(=O)CCCCCCC/C=C/CCCCC. The summed E-state index contributed by atoms with van der Waals surface area (Å²) < 4.78 is 17.1. The van der Waals surface area contributed by atoms with Crippen molar-refractivity contribution >= 4 is 17.9 Å². The molecule has 328 valence electrons. The molecule has 0 saturated heterocycles. The summed E-state index contributed by atoms with van der Waals surface area (Å²) in [5, 5.41) is 11.6. The third kappa shape index (κ3) is 38.3. The Labute approximate surface area is 349 Å². The average molecular weight is 800 g/mol. The van der Waals surface area contributed by atoms with Gasteiger partial charge >= 0.3 is 11.9 Å². The van der Waals surface area contributed by atoms with Crippen molar-refractivity contribution in [2.75, 3.05) is 41.0 Å². The molecule has 2 atom stereocenters. The van der Waals surface area contributed by atoms with Crippen molar-refractivity contribution in [2.24, 2.45) is 0 Å². The van der Waals surface area contributed by atoms with Crippen LogP contribution in [0.15, 0.2) is 60.8 Å². The van der Waals surface area contributed by atoms with Crippen LogP contribution in [0.2, 0.25) is 0 Å². The van der Waals surface area contributed by atoms with Crippen molar-refractivity contribution in [2.45, 2.75) is 193 Å². The lowest BCUT2D eigenvalue weighted by molar-refractivity contribution is -0.889. The summed E-state index contributed by atoms with van der Waals surface area (Å²) in [4.78, 5) is 36.8. The molecule has 0 aliphatic rings. The van der Waals surface area contributed by atoms with E-state index >= 15 is 0 Å². The van der Waals surface area contributed by atoms with Gasteiger partial charge in [0.25, 0.3) is 0 Å². The lowest BCUT2D eigenvalue weighted by Gasteiger charge is -2.34. The normalized spacial score (nSPS) is 13.5. The van der Waals surface area contributed by atoms with Gasteiger partial charge in [-0.05, 0) is 83.5 Å². The minimum Gasteiger partial charge on any atom is -0.544 e. The van der Waals surface area contributed by atoms with Crippen molar-refractivity contribution in [3.05, 3.63) is 60.8 Å². The van der Waals surface area contributed by atoms with Gasteiger partial charge in [-0.2, -0.15) is 0 Å². The summed E-state index contributed by atoms with van der Waals surface area (Å²) in [5.41, 5.74) is 0. The van der Waals surface area contributed by atoms with Gasteiger partial charge in [-0.1, -0.05) is 139 Å². The molecular weight excluding hydrogens is 715 g/mol. The molecule has 0 fully saturated rings. The molecule has 0 aromatic heterocycles. The largest absolute Gasteiger partial charge is 0.544 e. The molecule has 0 radical (unpaired) electrons. The molecule has 0 aliphatic heterocycles. The van der Waals surface area contributed by atoms with E-state index in [2.05, 4.69) is 74.6 Å². The number of allylic oxidation sites excluding steroid dienone is 10. The van der Waals surface area contributed by atoms with Crippen molar-refractivity contribution in [3.8, 4) is 0 Å². The Hall–Kier alpha value is -2.97. The molecule has 0 bridgehead atoms. The fourth-order valence-corrected chi connectivity index (χ4v) is 6.28. The van der Waals surface area contributed by atoms with Crippen molar-refractivity contribution in [3.63, 3.8) is 0 Å². The number of unbranched alkanes of at least 4 members (excludes halogenated alkanes) is 16. The van der Waals surface area contributed by atoms with Gasteiger partial charge in [-0.15, -0.1) is 0 Å². The molecule has 0 spiro atoms. The summed E-state index contributed by atoms with van der Waals surface area (Å²) in [6, 6.07) is -0.732. The Bertz CT molecular complexity index is 1120. The number of nitrogens with zero attached hydrogens (tertiary/aromatic N) is 1. The number of likely N-dealkylation sites (N-methyl/N-ethyl adjacent to an activating group) is 1. The van der Waals surface area contributed by atoms with Crippen LogP contribution in [0.5, 0.6) is 0 Å². The second-order valence-corrected chi connectivity index (χ2v) is 16.3. The van der Waals surface area contributed by atoms with E-state index in [0.717, 1.165) is 89.9 Å². The maximum atomic E-state index is 12.7. The van der Waals surface area contributed by atoms with Crippen LogP contribution in [-0.2, 0) is 28.6 Å². The van der Waals surface area contributed by atoms with E-state index in [9.17, 15) is 19.5 Å². The molecular formula is C49H85NO7. The van der Waals surface area contributed by atoms with Crippen molar-refractivity contribution in [1.82, 2.24) is 0 Å². The first-order chi connectivity index (χ1) is 27.6. The number of carboxylic acids is 1. The summed E-state index contributed by atoms with van der Waals surface area (Å²) in [7, 11) is 5.39. The predicted molar refractivity (Wildman–Crippen MR) is 236 cm³/mol. The summed E-state index contributed by atoms with van der Waals surface area (Å²) >= 11 is 0. The smallest absolute Gasteiger partial charge is 0.306 e. The highest BCUT2D eigenvalue weighted by Gasteiger charge is 2.25. The molecule has 2 unspecified atom stereocenters. The highest BCUT2D eigenvalue weighted by molar-refractivity contribution is 5.70. The molecule has 8 heteroatoms. The second-order valence-electron chi connectivity index (χ2n) is 16.3. The van der Waals surface area contributed by atoms with Gasteiger partial charge in [0, 0.05) is 19.3 Å². The monoisotopic (exact) mass is 800 g/mol. The Morgan fingerprint density at radius 2 is 0.930 bits per heavy atom.